The van der Waals surface area contributed by atoms with Crippen LogP contribution in [0.4, 0.5) is 10.1 Å². The molecular formula is C24H26FN2O2P. The highest BCUT2D eigenvalue weighted by atomic mass is 31.0. The van der Waals surface area contributed by atoms with E-state index in [1.165, 1.54) is 31.4 Å². The van der Waals surface area contributed by atoms with Crippen LogP contribution in [0.1, 0.15) is 59.2 Å². The minimum atomic E-state index is -0.764. The smallest absolute Gasteiger partial charge is 0.258 e. The second kappa shape index (κ2) is 7.46. The molecule has 0 aliphatic heterocycles. The maximum absolute atomic E-state index is 15.2. The van der Waals surface area contributed by atoms with E-state index in [-0.39, 0.29) is 16.7 Å². The van der Waals surface area contributed by atoms with Gasteiger partial charge in [0, 0.05) is 11.2 Å². The molecule has 0 radical (unpaired) electrons. The average Bonchev–Trinajstić information content (AvgIpc) is 2.68. The Morgan fingerprint density at radius 1 is 0.867 bits per heavy atom. The molecule has 0 spiro atoms. The highest BCUT2D eigenvalue weighted by Gasteiger charge is 2.51. The Balaban J connectivity index is 1.34. The van der Waals surface area contributed by atoms with E-state index in [1.807, 2.05) is 12.1 Å². The number of benzene rings is 2. The SMILES string of the molecule is O=C(Nc1ccc(P)cc1)c1cccc(C(=O)NC23CC4CC(CC(C4)C2)C3)c1F. The van der Waals surface area contributed by atoms with Gasteiger partial charge >= 0.3 is 0 Å². The lowest BCUT2D eigenvalue weighted by molar-refractivity contribution is -0.0167. The van der Waals surface area contributed by atoms with E-state index in [1.54, 1.807) is 18.2 Å². The van der Waals surface area contributed by atoms with Crippen LogP contribution in [-0.2, 0) is 0 Å². The first-order valence-corrected chi connectivity index (χ1v) is 11.3. The van der Waals surface area contributed by atoms with Crippen LogP contribution in [0, 0.1) is 23.6 Å². The van der Waals surface area contributed by atoms with Gasteiger partial charge in [-0.15, -0.1) is 9.24 Å². The molecule has 2 aromatic carbocycles. The molecule has 4 fully saturated rings. The second-order valence-electron chi connectivity index (χ2n) is 9.40. The van der Waals surface area contributed by atoms with Crippen molar-refractivity contribution in [1.29, 1.82) is 0 Å². The minimum absolute atomic E-state index is 0.0568. The van der Waals surface area contributed by atoms with Crippen LogP contribution in [0.5, 0.6) is 0 Å². The molecule has 0 saturated heterocycles. The van der Waals surface area contributed by atoms with Crippen LogP contribution < -0.4 is 15.9 Å². The Morgan fingerprint density at radius 2 is 1.40 bits per heavy atom. The van der Waals surface area contributed by atoms with Crippen molar-refractivity contribution in [1.82, 2.24) is 5.32 Å². The highest BCUT2D eigenvalue weighted by molar-refractivity contribution is 7.27. The van der Waals surface area contributed by atoms with Gasteiger partial charge in [-0.25, -0.2) is 4.39 Å². The number of halogens is 1. The van der Waals surface area contributed by atoms with Crippen LogP contribution in [0.15, 0.2) is 42.5 Å². The van der Waals surface area contributed by atoms with Crippen LogP contribution in [0.3, 0.4) is 0 Å². The zero-order valence-electron chi connectivity index (χ0n) is 16.8. The zero-order valence-corrected chi connectivity index (χ0v) is 17.9. The number of carbonyl (C=O) groups is 2. The standard InChI is InChI=1S/C24H26FN2O2P/c25-21-19(22(28)26-17-4-6-18(30)7-5-17)2-1-3-20(21)23(29)27-24-11-14-8-15(12-24)10-16(9-14)13-24/h1-7,14-16H,8-13,30H2,(H,26,28)(H,27,29). The number of hydrogen-bond donors (Lipinski definition) is 2. The minimum Gasteiger partial charge on any atom is -0.346 e. The predicted molar refractivity (Wildman–Crippen MR) is 119 cm³/mol. The predicted octanol–water partition coefficient (Wildman–Crippen LogP) is 4.28. The van der Waals surface area contributed by atoms with Gasteiger partial charge in [0.15, 0.2) is 0 Å². The Hall–Kier alpha value is -2.26. The fraction of sp³-hybridized carbons (Fsp3) is 0.417. The second-order valence-corrected chi connectivity index (χ2v) is 10.1. The molecule has 6 rings (SSSR count). The van der Waals surface area contributed by atoms with Crippen molar-refractivity contribution < 1.29 is 14.0 Å². The largest absolute Gasteiger partial charge is 0.346 e. The van der Waals surface area contributed by atoms with Gasteiger partial charge in [0.25, 0.3) is 11.8 Å². The summed E-state index contributed by atoms with van der Waals surface area (Å²) in [7, 11) is 2.57. The van der Waals surface area contributed by atoms with Crippen LogP contribution in [0.25, 0.3) is 0 Å². The van der Waals surface area contributed by atoms with E-state index in [9.17, 15) is 9.59 Å². The summed E-state index contributed by atoms with van der Waals surface area (Å²) in [6, 6.07) is 11.6. The zero-order chi connectivity index (χ0) is 20.9. The van der Waals surface area contributed by atoms with E-state index in [0.29, 0.717) is 23.4 Å². The number of anilines is 1. The number of rotatable bonds is 4. The summed E-state index contributed by atoms with van der Waals surface area (Å²) in [5.74, 6) is 0.328. The summed E-state index contributed by atoms with van der Waals surface area (Å²) in [5, 5.41) is 6.88. The number of hydrogen-bond acceptors (Lipinski definition) is 2. The van der Waals surface area contributed by atoms with Gasteiger partial charge in [-0.05, 0) is 85.8 Å². The van der Waals surface area contributed by atoms with Gasteiger partial charge in [-0.3, -0.25) is 9.59 Å². The van der Waals surface area contributed by atoms with Crippen molar-refractivity contribution in [3.63, 3.8) is 0 Å². The molecule has 0 aromatic heterocycles. The molecule has 4 saturated carbocycles. The summed E-state index contributed by atoms with van der Waals surface area (Å²) >= 11 is 0. The lowest BCUT2D eigenvalue weighted by Crippen LogP contribution is -2.59. The molecule has 4 aliphatic rings. The van der Waals surface area contributed by atoms with Crippen molar-refractivity contribution in [2.75, 3.05) is 5.32 Å². The molecule has 1 unspecified atom stereocenters. The summed E-state index contributed by atoms with van der Waals surface area (Å²) in [6.07, 6.45) is 6.82. The molecule has 4 bridgehead atoms. The van der Waals surface area contributed by atoms with E-state index >= 15 is 4.39 Å². The summed E-state index contributed by atoms with van der Waals surface area (Å²) in [6.45, 7) is 0. The van der Waals surface area contributed by atoms with Gasteiger partial charge in [-0.2, -0.15) is 0 Å². The Kier molecular flexibility index (Phi) is 4.89. The van der Waals surface area contributed by atoms with Gasteiger partial charge in [0.2, 0.25) is 0 Å². The third-order valence-corrected chi connectivity index (χ3v) is 7.46. The van der Waals surface area contributed by atoms with Crippen LogP contribution >= 0.6 is 9.24 Å². The summed E-state index contributed by atoms with van der Waals surface area (Å²) in [5.41, 5.74) is 0.201. The van der Waals surface area contributed by atoms with E-state index in [0.717, 1.165) is 24.6 Å². The van der Waals surface area contributed by atoms with E-state index < -0.39 is 17.6 Å². The lowest BCUT2D eigenvalue weighted by atomic mass is 9.53. The highest BCUT2D eigenvalue weighted by Crippen LogP contribution is 2.55. The third kappa shape index (κ3) is 3.65. The fourth-order valence-electron chi connectivity index (χ4n) is 6.22. The van der Waals surface area contributed by atoms with E-state index in [4.69, 9.17) is 0 Å². The first kappa shape index (κ1) is 19.7. The Morgan fingerprint density at radius 3 is 1.97 bits per heavy atom. The number of carbonyl (C=O) groups excluding carboxylic acids is 2. The molecule has 2 N–H and O–H groups in total. The van der Waals surface area contributed by atoms with Gasteiger partial charge < -0.3 is 10.6 Å². The van der Waals surface area contributed by atoms with Crippen molar-refractivity contribution in [2.45, 2.75) is 44.1 Å². The normalized spacial score (nSPS) is 28.9. The van der Waals surface area contributed by atoms with Gasteiger partial charge in [0.1, 0.15) is 5.82 Å². The van der Waals surface area contributed by atoms with Crippen molar-refractivity contribution >= 4 is 32.0 Å². The van der Waals surface area contributed by atoms with Crippen LogP contribution in [0.2, 0.25) is 0 Å². The van der Waals surface area contributed by atoms with E-state index in [2.05, 4.69) is 19.9 Å². The molecule has 4 aliphatic carbocycles. The topological polar surface area (TPSA) is 58.2 Å². The van der Waals surface area contributed by atoms with Gasteiger partial charge in [-0.1, -0.05) is 18.2 Å². The molecule has 4 nitrogen and oxygen atoms in total. The fourth-order valence-corrected chi connectivity index (χ4v) is 6.41. The lowest BCUT2D eigenvalue weighted by Gasteiger charge is -2.56. The number of amides is 2. The molecule has 2 amide bonds. The molecule has 0 heterocycles. The molecule has 6 heteroatoms. The molecule has 1 atom stereocenters. The quantitative estimate of drug-likeness (QED) is 0.720. The van der Waals surface area contributed by atoms with Crippen molar-refractivity contribution in [3.8, 4) is 0 Å². The summed E-state index contributed by atoms with van der Waals surface area (Å²) < 4.78 is 15.2. The molecule has 30 heavy (non-hydrogen) atoms. The number of nitrogens with one attached hydrogen (secondary N) is 2. The monoisotopic (exact) mass is 424 g/mol. The molecule has 2 aromatic rings. The first-order valence-electron chi connectivity index (χ1n) is 10.7. The third-order valence-electron chi connectivity index (χ3n) is 7.07. The maximum Gasteiger partial charge on any atom is 0.258 e. The Bertz CT molecular complexity index is 969. The average molecular weight is 424 g/mol. The molecule has 156 valence electrons. The summed E-state index contributed by atoms with van der Waals surface area (Å²) in [4.78, 5) is 25.7. The van der Waals surface area contributed by atoms with Crippen LogP contribution in [-0.4, -0.2) is 17.4 Å². The molecular weight excluding hydrogens is 398 g/mol. The Labute approximate surface area is 178 Å². The van der Waals surface area contributed by atoms with Gasteiger partial charge in [0.05, 0.1) is 11.1 Å². The van der Waals surface area contributed by atoms with Crippen molar-refractivity contribution in [2.24, 2.45) is 17.8 Å². The van der Waals surface area contributed by atoms with Crippen molar-refractivity contribution in [3.05, 3.63) is 59.4 Å². The first-order chi connectivity index (χ1) is 14.4. The maximum atomic E-state index is 15.2.